The van der Waals surface area contributed by atoms with E-state index in [1.165, 1.54) is 6.33 Å². The SMILES string of the molecule is O=C1CC(c2ccc(OCCOc3ccc(Cl)cc3)cc2)n2ncnc2N1. The molecule has 4 rings (SSSR count). The standard InChI is InChI=1S/C19H17ClN4O3/c20-14-3-7-16(8-4-14)27-10-9-26-15-5-1-13(2-6-15)17-11-18(25)23-19-21-12-22-24(17)19/h1-8,12,17H,9-11H2,(H,21,22,23,25). The van der Waals surface area contributed by atoms with Crippen LogP contribution in [-0.4, -0.2) is 33.9 Å². The second-order valence-electron chi connectivity index (χ2n) is 6.02. The van der Waals surface area contributed by atoms with Crippen molar-refractivity contribution in [3.05, 3.63) is 65.4 Å². The number of nitrogens with zero attached hydrogens (tertiary/aromatic N) is 3. The summed E-state index contributed by atoms with van der Waals surface area (Å²) in [6.07, 6.45) is 1.76. The zero-order chi connectivity index (χ0) is 18.6. The molecule has 7 nitrogen and oxygen atoms in total. The summed E-state index contributed by atoms with van der Waals surface area (Å²) >= 11 is 5.84. The Kier molecular flexibility index (Phi) is 4.93. The van der Waals surface area contributed by atoms with Gasteiger partial charge in [0.25, 0.3) is 0 Å². The van der Waals surface area contributed by atoms with Gasteiger partial charge in [-0.2, -0.15) is 10.1 Å². The summed E-state index contributed by atoms with van der Waals surface area (Å²) < 4.78 is 13.0. The van der Waals surface area contributed by atoms with E-state index in [9.17, 15) is 4.79 Å². The van der Waals surface area contributed by atoms with Gasteiger partial charge in [0.05, 0.1) is 12.5 Å². The minimum atomic E-state index is -0.168. The molecule has 0 saturated carbocycles. The normalized spacial score (nSPS) is 15.7. The molecule has 27 heavy (non-hydrogen) atoms. The molecule has 1 aliphatic rings. The predicted octanol–water partition coefficient (Wildman–Crippen LogP) is 3.32. The van der Waals surface area contributed by atoms with Gasteiger partial charge in [0.15, 0.2) is 0 Å². The van der Waals surface area contributed by atoms with Gasteiger partial charge in [-0.1, -0.05) is 23.7 Å². The molecule has 0 aliphatic carbocycles. The van der Waals surface area contributed by atoms with Crippen molar-refractivity contribution in [3.63, 3.8) is 0 Å². The van der Waals surface area contributed by atoms with Crippen LogP contribution in [0.15, 0.2) is 54.9 Å². The monoisotopic (exact) mass is 384 g/mol. The molecule has 138 valence electrons. The van der Waals surface area contributed by atoms with Gasteiger partial charge in [-0.15, -0.1) is 0 Å². The van der Waals surface area contributed by atoms with Gasteiger partial charge in [-0.3, -0.25) is 10.1 Å². The van der Waals surface area contributed by atoms with Gasteiger partial charge in [0.2, 0.25) is 11.9 Å². The zero-order valence-electron chi connectivity index (χ0n) is 14.3. The molecule has 0 bridgehead atoms. The molecular formula is C19H17ClN4O3. The number of rotatable bonds is 6. The number of anilines is 1. The highest BCUT2D eigenvalue weighted by atomic mass is 35.5. The zero-order valence-corrected chi connectivity index (χ0v) is 15.1. The van der Waals surface area contributed by atoms with Crippen LogP contribution in [0.1, 0.15) is 18.0 Å². The number of carbonyl (C=O) groups is 1. The number of hydrogen-bond acceptors (Lipinski definition) is 5. The van der Waals surface area contributed by atoms with Crippen LogP contribution < -0.4 is 14.8 Å². The fourth-order valence-electron chi connectivity index (χ4n) is 2.90. The molecule has 1 aromatic heterocycles. The van der Waals surface area contributed by atoms with Gasteiger partial charge >= 0.3 is 0 Å². The maximum absolute atomic E-state index is 11.8. The van der Waals surface area contributed by atoms with E-state index in [-0.39, 0.29) is 11.9 Å². The quantitative estimate of drug-likeness (QED) is 0.659. The molecule has 1 atom stereocenters. The Morgan fingerprint density at radius 1 is 1.04 bits per heavy atom. The molecule has 0 radical (unpaired) electrons. The molecule has 1 unspecified atom stereocenters. The third-order valence-corrected chi connectivity index (χ3v) is 4.45. The van der Waals surface area contributed by atoms with Crippen LogP contribution in [0.5, 0.6) is 11.5 Å². The van der Waals surface area contributed by atoms with Crippen molar-refractivity contribution in [2.45, 2.75) is 12.5 Å². The number of fused-ring (bicyclic) bond motifs is 1. The number of carbonyl (C=O) groups excluding carboxylic acids is 1. The van der Waals surface area contributed by atoms with E-state index in [0.29, 0.717) is 30.6 Å². The number of nitrogens with one attached hydrogen (secondary N) is 1. The first-order valence-corrected chi connectivity index (χ1v) is 8.87. The van der Waals surface area contributed by atoms with E-state index in [1.807, 2.05) is 36.4 Å². The Balaban J connectivity index is 1.33. The summed E-state index contributed by atoms with van der Waals surface area (Å²) in [5.41, 5.74) is 0.973. The van der Waals surface area contributed by atoms with E-state index in [1.54, 1.807) is 16.8 Å². The molecule has 3 aromatic rings. The van der Waals surface area contributed by atoms with Crippen molar-refractivity contribution in [1.29, 1.82) is 0 Å². The maximum Gasteiger partial charge on any atom is 0.229 e. The number of benzene rings is 2. The van der Waals surface area contributed by atoms with Crippen LogP contribution in [0.4, 0.5) is 5.95 Å². The molecule has 1 aliphatic heterocycles. The Labute approximate surface area is 160 Å². The van der Waals surface area contributed by atoms with Crippen LogP contribution in [0.3, 0.4) is 0 Å². The lowest BCUT2D eigenvalue weighted by atomic mass is 10.0. The average Bonchev–Trinajstić information content (AvgIpc) is 3.15. The van der Waals surface area contributed by atoms with E-state index >= 15 is 0 Å². The number of amides is 1. The Morgan fingerprint density at radius 3 is 2.33 bits per heavy atom. The Bertz CT molecular complexity index is 925. The van der Waals surface area contributed by atoms with Crippen LogP contribution in [0, 0.1) is 0 Å². The van der Waals surface area contributed by atoms with E-state index in [2.05, 4.69) is 15.4 Å². The van der Waals surface area contributed by atoms with Crippen LogP contribution in [-0.2, 0) is 4.79 Å². The molecule has 0 saturated heterocycles. The molecule has 2 heterocycles. The summed E-state index contributed by atoms with van der Waals surface area (Å²) in [4.78, 5) is 15.9. The summed E-state index contributed by atoms with van der Waals surface area (Å²) in [5, 5.41) is 7.58. The number of hydrogen-bond donors (Lipinski definition) is 1. The van der Waals surface area contributed by atoms with Crippen molar-refractivity contribution < 1.29 is 14.3 Å². The fourth-order valence-corrected chi connectivity index (χ4v) is 3.03. The summed E-state index contributed by atoms with van der Waals surface area (Å²) in [6, 6.07) is 14.6. The van der Waals surface area contributed by atoms with Crippen molar-refractivity contribution in [2.24, 2.45) is 0 Å². The molecule has 0 spiro atoms. The highest BCUT2D eigenvalue weighted by Crippen LogP contribution is 2.29. The molecule has 1 amide bonds. The Hall–Kier alpha value is -3.06. The van der Waals surface area contributed by atoms with Crippen LogP contribution in [0.25, 0.3) is 0 Å². The summed E-state index contributed by atoms with van der Waals surface area (Å²) in [6.45, 7) is 0.843. The summed E-state index contributed by atoms with van der Waals surface area (Å²) in [5.74, 6) is 1.88. The van der Waals surface area contributed by atoms with Gasteiger partial charge in [0, 0.05) is 5.02 Å². The minimum absolute atomic E-state index is 0.0693. The molecule has 1 N–H and O–H groups in total. The van der Waals surface area contributed by atoms with E-state index < -0.39 is 0 Å². The predicted molar refractivity (Wildman–Crippen MR) is 100 cm³/mol. The van der Waals surface area contributed by atoms with E-state index in [0.717, 1.165) is 17.1 Å². The average molecular weight is 385 g/mol. The third kappa shape index (κ3) is 4.03. The fraction of sp³-hybridized carbons (Fsp3) is 0.211. The number of ether oxygens (including phenoxy) is 2. The van der Waals surface area contributed by atoms with E-state index in [4.69, 9.17) is 21.1 Å². The first kappa shape index (κ1) is 17.4. The van der Waals surface area contributed by atoms with Crippen molar-refractivity contribution in [2.75, 3.05) is 18.5 Å². The second-order valence-corrected chi connectivity index (χ2v) is 6.45. The van der Waals surface area contributed by atoms with Gasteiger partial charge < -0.3 is 9.47 Å². The van der Waals surface area contributed by atoms with Gasteiger partial charge in [-0.05, 0) is 42.0 Å². The van der Waals surface area contributed by atoms with Gasteiger partial charge in [0.1, 0.15) is 31.0 Å². The lowest BCUT2D eigenvalue weighted by Crippen LogP contribution is -2.29. The largest absolute Gasteiger partial charge is 0.490 e. The minimum Gasteiger partial charge on any atom is -0.490 e. The van der Waals surface area contributed by atoms with Crippen molar-refractivity contribution in [1.82, 2.24) is 14.8 Å². The first-order valence-electron chi connectivity index (χ1n) is 8.49. The van der Waals surface area contributed by atoms with Crippen molar-refractivity contribution in [3.8, 4) is 11.5 Å². The smallest absolute Gasteiger partial charge is 0.229 e. The highest BCUT2D eigenvalue weighted by molar-refractivity contribution is 6.30. The molecule has 8 heteroatoms. The van der Waals surface area contributed by atoms with Gasteiger partial charge in [-0.25, -0.2) is 4.68 Å². The van der Waals surface area contributed by atoms with Crippen molar-refractivity contribution >= 4 is 23.5 Å². The van der Waals surface area contributed by atoms with Crippen LogP contribution in [0.2, 0.25) is 5.02 Å². The molecule has 2 aromatic carbocycles. The lowest BCUT2D eigenvalue weighted by Gasteiger charge is -2.23. The molecular weight excluding hydrogens is 368 g/mol. The lowest BCUT2D eigenvalue weighted by molar-refractivity contribution is -0.117. The number of aromatic nitrogens is 3. The maximum atomic E-state index is 11.8. The topological polar surface area (TPSA) is 78.3 Å². The second kappa shape index (κ2) is 7.67. The Morgan fingerprint density at radius 2 is 1.67 bits per heavy atom. The van der Waals surface area contributed by atoms with Crippen LogP contribution >= 0.6 is 11.6 Å². The molecule has 0 fully saturated rings. The highest BCUT2D eigenvalue weighted by Gasteiger charge is 2.27. The summed E-state index contributed by atoms with van der Waals surface area (Å²) in [7, 11) is 0. The first-order chi connectivity index (χ1) is 13.2. The third-order valence-electron chi connectivity index (χ3n) is 4.20. The number of halogens is 1.